The SMILES string of the molecule is CCc1ccc(-c2nc(OCCOC)nn2C(=O)Cc2ccc(OC)cc2)cc1. The molecule has 0 saturated carbocycles. The molecule has 1 aromatic heterocycles. The Morgan fingerprint density at radius 2 is 1.66 bits per heavy atom. The lowest BCUT2D eigenvalue weighted by Crippen LogP contribution is -2.16. The van der Waals surface area contributed by atoms with E-state index in [2.05, 4.69) is 17.0 Å². The second-order valence-corrected chi connectivity index (χ2v) is 6.44. The van der Waals surface area contributed by atoms with Crippen molar-refractivity contribution in [2.45, 2.75) is 19.8 Å². The molecule has 0 aliphatic carbocycles. The van der Waals surface area contributed by atoms with Crippen LogP contribution in [0.4, 0.5) is 0 Å². The van der Waals surface area contributed by atoms with Crippen molar-refractivity contribution in [2.24, 2.45) is 0 Å². The van der Waals surface area contributed by atoms with Crippen LogP contribution in [0.3, 0.4) is 0 Å². The maximum absolute atomic E-state index is 13.0. The van der Waals surface area contributed by atoms with Crippen LogP contribution in [-0.2, 0) is 17.6 Å². The molecule has 3 rings (SSSR count). The Kier molecular flexibility index (Phi) is 6.97. The minimum absolute atomic E-state index is 0.152. The van der Waals surface area contributed by atoms with Crippen molar-refractivity contribution in [3.05, 3.63) is 59.7 Å². The molecule has 0 amide bonds. The summed E-state index contributed by atoms with van der Waals surface area (Å²) in [5.41, 5.74) is 2.88. The maximum atomic E-state index is 13.0. The summed E-state index contributed by atoms with van der Waals surface area (Å²) in [4.78, 5) is 17.4. The minimum Gasteiger partial charge on any atom is -0.497 e. The highest BCUT2D eigenvalue weighted by atomic mass is 16.5. The van der Waals surface area contributed by atoms with Crippen molar-refractivity contribution in [3.63, 3.8) is 0 Å². The Labute approximate surface area is 170 Å². The first kappa shape index (κ1) is 20.5. The Morgan fingerprint density at radius 1 is 0.966 bits per heavy atom. The van der Waals surface area contributed by atoms with Gasteiger partial charge in [-0.2, -0.15) is 9.67 Å². The molecule has 1 heterocycles. The van der Waals surface area contributed by atoms with Gasteiger partial charge < -0.3 is 14.2 Å². The van der Waals surface area contributed by atoms with Gasteiger partial charge in [0.05, 0.1) is 20.1 Å². The van der Waals surface area contributed by atoms with E-state index in [-0.39, 0.29) is 18.3 Å². The first-order valence-electron chi connectivity index (χ1n) is 9.48. The summed E-state index contributed by atoms with van der Waals surface area (Å²) in [5, 5.41) is 4.28. The van der Waals surface area contributed by atoms with Crippen LogP contribution in [0.1, 0.15) is 22.8 Å². The molecule has 0 unspecified atom stereocenters. The zero-order valence-electron chi connectivity index (χ0n) is 16.9. The first-order chi connectivity index (χ1) is 14.1. The summed E-state index contributed by atoms with van der Waals surface area (Å²) in [6.07, 6.45) is 1.12. The molecule has 3 aromatic rings. The molecule has 7 nitrogen and oxygen atoms in total. The zero-order chi connectivity index (χ0) is 20.6. The molecule has 0 atom stereocenters. The van der Waals surface area contributed by atoms with Gasteiger partial charge in [0.15, 0.2) is 5.82 Å². The monoisotopic (exact) mass is 395 g/mol. The lowest BCUT2D eigenvalue weighted by atomic mass is 10.1. The van der Waals surface area contributed by atoms with E-state index >= 15 is 0 Å². The van der Waals surface area contributed by atoms with Crippen LogP contribution >= 0.6 is 0 Å². The van der Waals surface area contributed by atoms with Gasteiger partial charge in [-0.3, -0.25) is 4.79 Å². The lowest BCUT2D eigenvalue weighted by molar-refractivity contribution is 0.0896. The summed E-state index contributed by atoms with van der Waals surface area (Å²) in [6, 6.07) is 15.5. The first-order valence-corrected chi connectivity index (χ1v) is 9.48. The van der Waals surface area contributed by atoms with Crippen molar-refractivity contribution in [1.82, 2.24) is 14.8 Å². The third-order valence-electron chi connectivity index (χ3n) is 4.48. The Morgan fingerprint density at radius 3 is 2.28 bits per heavy atom. The summed E-state index contributed by atoms with van der Waals surface area (Å²) in [7, 11) is 3.20. The molecule has 29 heavy (non-hydrogen) atoms. The van der Waals surface area contributed by atoms with Gasteiger partial charge in [-0.05, 0) is 29.7 Å². The molecule has 2 aromatic carbocycles. The van der Waals surface area contributed by atoms with Crippen molar-refractivity contribution in [3.8, 4) is 23.1 Å². The number of carbonyl (C=O) groups excluding carboxylic acids is 1. The van der Waals surface area contributed by atoms with E-state index in [0.717, 1.165) is 23.3 Å². The van der Waals surface area contributed by atoms with Gasteiger partial charge in [0.1, 0.15) is 12.4 Å². The molecular formula is C22H25N3O4. The van der Waals surface area contributed by atoms with Crippen LogP contribution in [0, 0.1) is 0 Å². The van der Waals surface area contributed by atoms with Gasteiger partial charge in [-0.25, -0.2) is 0 Å². The van der Waals surface area contributed by atoms with Gasteiger partial charge in [-0.15, -0.1) is 5.10 Å². The molecule has 0 fully saturated rings. The van der Waals surface area contributed by atoms with Gasteiger partial charge in [0, 0.05) is 12.7 Å². The van der Waals surface area contributed by atoms with Crippen molar-refractivity contribution < 1.29 is 19.0 Å². The molecule has 7 heteroatoms. The van der Waals surface area contributed by atoms with Crippen LogP contribution in [0.15, 0.2) is 48.5 Å². The number of ether oxygens (including phenoxy) is 3. The Bertz CT molecular complexity index is 934. The zero-order valence-corrected chi connectivity index (χ0v) is 16.9. The largest absolute Gasteiger partial charge is 0.497 e. The Balaban J connectivity index is 1.87. The highest BCUT2D eigenvalue weighted by molar-refractivity contribution is 5.84. The molecule has 0 bridgehead atoms. The third kappa shape index (κ3) is 5.20. The predicted molar refractivity (Wildman–Crippen MR) is 110 cm³/mol. The van der Waals surface area contributed by atoms with Crippen molar-refractivity contribution in [1.29, 1.82) is 0 Å². The standard InChI is InChI=1S/C22H25N3O4/c1-4-16-5-9-18(10-6-16)21-23-22(29-14-13-27-2)24-25(21)20(26)15-17-7-11-19(28-3)12-8-17/h5-12H,4,13-15H2,1-3H3. The molecule has 0 saturated heterocycles. The number of methoxy groups -OCH3 is 2. The highest BCUT2D eigenvalue weighted by Gasteiger charge is 2.19. The fourth-order valence-electron chi connectivity index (χ4n) is 2.81. The second kappa shape index (κ2) is 9.84. The summed E-state index contributed by atoms with van der Waals surface area (Å²) in [5.74, 6) is 1.00. The molecule has 152 valence electrons. The Hall–Kier alpha value is -3.19. The molecule has 0 radical (unpaired) electrons. The van der Waals surface area contributed by atoms with Crippen LogP contribution in [0.2, 0.25) is 0 Å². The van der Waals surface area contributed by atoms with Crippen molar-refractivity contribution in [2.75, 3.05) is 27.4 Å². The molecule has 0 aliphatic rings. The van der Waals surface area contributed by atoms with E-state index in [9.17, 15) is 4.79 Å². The van der Waals surface area contributed by atoms with E-state index in [1.165, 1.54) is 10.2 Å². The number of hydrogen-bond acceptors (Lipinski definition) is 6. The third-order valence-corrected chi connectivity index (χ3v) is 4.48. The normalized spacial score (nSPS) is 10.7. The van der Waals surface area contributed by atoms with Crippen LogP contribution in [0.5, 0.6) is 11.8 Å². The van der Waals surface area contributed by atoms with E-state index in [1.807, 2.05) is 48.5 Å². The quantitative estimate of drug-likeness (QED) is 0.517. The highest BCUT2D eigenvalue weighted by Crippen LogP contribution is 2.22. The molecule has 0 aliphatic heterocycles. The number of hydrogen-bond donors (Lipinski definition) is 0. The lowest BCUT2D eigenvalue weighted by Gasteiger charge is -2.06. The predicted octanol–water partition coefficient (Wildman–Crippen LogP) is 3.42. The van der Waals surface area contributed by atoms with Gasteiger partial charge in [-0.1, -0.05) is 43.3 Å². The fourth-order valence-corrected chi connectivity index (χ4v) is 2.81. The smallest absolute Gasteiger partial charge is 0.336 e. The van der Waals surface area contributed by atoms with Gasteiger partial charge >= 0.3 is 6.01 Å². The maximum Gasteiger partial charge on any atom is 0.336 e. The van der Waals surface area contributed by atoms with E-state index in [0.29, 0.717) is 19.0 Å². The minimum atomic E-state index is -0.196. The average Bonchev–Trinajstić information content (AvgIpc) is 3.19. The van der Waals surface area contributed by atoms with Gasteiger partial charge in [0.2, 0.25) is 0 Å². The molecule has 0 spiro atoms. The van der Waals surface area contributed by atoms with E-state index < -0.39 is 0 Å². The van der Waals surface area contributed by atoms with Crippen LogP contribution in [0.25, 0.3) is 11.4 Å². The molecular weight excluding hydrogens is 370 g/mol. The van der Waals surface area contributed by atoms with Gasteiger partial charge in [0.25, 0.3) is 5.91 Å². The topological polar surface area (TPSA) is 75.5 Å². The van der Waals surface area contributed by atoms with Crippen LogP contribution in [-0.4, -0.2) is 48.1 Å². The number of nitrogens with zero attached hydrogens (tertiary/aromatic N) is 3. The second-order valence-electron chi connectivity index (χ2n) is 6.44. The van der Waals surface area contributed by atoms with Crippen molar-refractivity contribution >= 4 is 5.91 Å². The average molecular weight is 395 g/mol. The number of aryl methyl sites for hydroxylation is 1. The summed E-state index contributed by atoms with van der Waals surface area (Å²) in [6.45, 7) is 2.81. The summed E-state index contributed by atoms with van der Waals surface area (Å²) >= 11 is 0. The molecule has 0 N–H and O–H groups in total. The fraction of sp³-hybridized carbons (Fsp3) is 0.318. The van der Waals surface area contributed by atoms with E-state index in [4.69, 9.17) is 14.2 Å². The van der Waals surface area contributed by atoms with E-state index in [1.54, 1.807) is 14.2 Å². The number of carbonyl (C=O) groups is 1. The number of aromatic nitrogens is 3. The summed E-state index contributed by atoms with van der Waals surface area (Å²) < 4.78 is 17.0. The number of rotatable bonds is 9. The van der Waals surface area contributed by atoms with Crippen LogP contribution < -0.4 is 9.47 Å². The number of benzene rings is 2.